The van der Waals surface area contributed by atoms with Crippen LogP contribution >= 0.6 is 11.6 Å². The van der Waals surface area contributed by atoms with Crippen LogP contribution in [0.25, 0.3) is 0 Å². The maximum atomic E-state index is 12.6. The lowest BCUT2D eigenvalue weighted by Gasteiger charge is -2.11. The van der Waals surface area contributed by atoms with Crippen molar-refractivity contribution >= 4 is 34.7 Å². The van der Waals surface area contributed by atoms with E-state index in [1.54, 1.807) is 49.4 Å². The fourth-order valence-electron chi connectivity index (χ4n) is 2.49. The molecular weight excluding hydrogens is 362 g/mol. The quantitative estimate of drug-likeness (QED) is 0.692. The normalized spacial score (nSPS) is 10.1. The average Bonchev–Trinajstić information content (AvgIpc) is 2.64. The molecule has 0 fully saturated rings. The number of aromatic nitrogens is 2. The van der Waals surface area contributed by atoms with E-state index in [2.05, 4.69) is 20.6 Å². The first-order chi connectivity index (χ1) is 13.0. The van der Waals surface area contributed by atoms with Crippen molar-refractivity contribution in [2.24, 2.45) is 0 Å². The number of halogens is 1. The monoisotopic (exact) mass is 377 g/mol. The van der Waals surface area contributed by atoms with Gasteiger partial charge in [-0.1, -0.05) is 29.8 Å². The van der Waals surface area contributed by atoms with Crippen LogP contribution < -0.4 is 10.6 Å². The molecule has 1 amide bonds. The second-order valence-corrected chi connectivity index (χ2v) is 6.32. The number of aryl methyl sites for hydroxylation is 2. The van der Waals surface area contributed by atoms with Gasteiger partial charge in [-0.15, -0.1) is 0 Å². The van der Waals surface area contributed by atoms with Crippen molar-refractivity contribution < 1.29 is 4.79 Å². The zero-order valence-electron chi connectivity index (χ0n) is 14.7. The Hall–Kier alpha value is -3.43. The fraction of sp³-hybridized carbons (Fsp3) is 0.100. The Kier molecular flexibility index (Phi) is 5.34. The van der Waals surface area contributed by atoms with Gasteiger partial charge in [0.25, 0.3) is 5.91 Å². The molecule has 0 aliphatic heterocycles. The SMILES string of the molecule is Cc1nc(Nc2cc(Cl)ccc2C)cc(C(=O)Nc2ccccc2C#N)n1. The average molecular weight is 378 g/mol. The van der Waals surface area contributed by atoms with Crippen molar-refractivity contribution in [2.75, 3.05) is 10.6 Å². The molecule has 1 heterocycles. The molecule has 6 nitrogen and oxygen atoms in total. The van der Waals surface area contributed by atoms with Crippen LogP contribution in [-0.2, 0) is 0 Å². The van der Waals surface area contributed by atoms with Crippen molar-refractivity contribution in [1.82, 2.24) is 9.97 Å². The zero-order chi connectivity index (χ0) is 19.4. The molecule has 27 heavy (non-hydrogen) atoms. The van der Waals surface area contributed by atoms with Gasteiger partial charge in [0, 0.05) is 16.8 Å². The molecule has 134 valence electrons. The van der Waals surface area contributed by atoms with Crippen LogP contribution in [0.3, 0.4) is 0 Å². The summed E-state index contributed by atoms with van der Waals surface area (Å²) in [4.78, 5) is 21.1. The highest BCUT2D eigenvalue weighted by molar-refractivity contribution is 6.30. The molecule has 0 bridgehead atoms. The summed E-state index contributed by atoms with van der Waals surface area (Å²) in [6.07, 6.45) is 0. The molecule has 2 aromatic carbocycles. The van der Waals surface area contributed by atoms with Gasteiger partial charge in [-0.25, -0.2) is 9.97 Å². The van der Waals surface area contributed by atoms with E-state index in [-0.39, 0.29) is 5.69 Å². The van der Waals surface area contributed by atoms with E-state index in [4.69, 9.17) is 16.9 Å². The second-order valence-electron chi connectivity index (χ2n) is 5.88. The largest absolute Gasteiger partial charge is 0.340 e. The minimum atomic E-state index is -0.422. The first-order valence-electron chi connectivity index (χ1n) is 8.15. The summed E-state index contributed by atoms with van der Waals surface area (Å²) in [7, 11) is 0. The summed E-state index contributed by atoms with van der Waals surface area (Å²) in [5, 5.41) is 15.6. The summed E-state index contributed by atoms with van der Waals surface area (Å²) in [5.41, 5.74) is 2.79. The van der Waals surface area contributed by atoms with E-state index in [1.807, 2.05) is 19.1 Å². The minimum Gasteiger partial charge on any atom is -0.340 e. The molecular formula is C20H16ClN5O. The van der Waals surface area contributed by atoms with Gasteiger partial charge in [0.1, 0.15) is 23.4 Å². The standard InChI is InChI=1S/C20H16ClN5O/c1-12-7-8-15(21)9-17(12)25-19-10-18(23-13(2)24-19)20(27)26-16-6-4-3-5-14(16)11-22/h3-10H,1-2H3,(H,26,27)(H,23,24,25). The van der Waals surface area contributed by atoms with Gasteiger partial charge >= 0.3 is 0 Å². The van der Waals surface area contributed by atoms with Gasteiger partial charge in [0.05, 0.1) is 11.3 Å². The Balaban J connectivity index is 1.88. The molecule has 3 rings (SSSR count). The molecule has 3 aromatic rings. The van der Waals surface area contributed by atoms with Crippen LogP contribution in [0, 0.1) is 25.2 Å². The number of hydrogen-bond donors (Lipinski definition) is 2. The second kappa shape index (κ2) is 7.85. The first kappa shape index (κ1) is 18.4. The van der Waals surface area contributed by atoms with Crippen LogP contribution in [0.5, 0.6) is 0 Å². The van der Waals surface area contributed by atoms with E-state index >= 15 is 0 Å². The lowest BCUT2D eigenvalue weighted by Crippen LogP contribution is -2.16. The van der Waals surface area contributed by atoms with Crippen molar-refractivity contribution in [3.63, 3.8) is 0 Å². The predicted molar refractivity (Wildman–Crippen MR) is 105 cm³/mol. The smallest absolute Gasteiger partial charge is 0.274 e. The van der Waals surface area contributed by atoms with Crippen LogP contribution in [0.2, 0.25) is 5.02 Å². The van der Waals surface area contributed by atoms with Crippen molar-refractivity contribution in [2.45, 2.75) is 13.8 Å². The van der Waals surface area contributed by atoms with E-state index in [0.717, 1.165) is 11.3 Å². The van der Waals surface area contributed by atoms with Gasteiger partial charge < -0.3 is 10.6 Å². The van der Waals surface area contributed by atoms with Crippen molar-refractivity contribution in [1.29, 1.82) is 5.26 Å². The topological polar surface area (TPSA) is 90.7 Å². The Labute approximate surface area is 161 Å². The van der Waals surface area contributed by atoms with Crippen molar-refractivity contribution in [3.05, 3.63) is 76.2 Å². The molecule has 2 N–H and O–H groups in total. The Morgan fingerprint density at radius 2 is 1.85 bits per heavy atom. The molecule has 0 atom stereocenters. The lowest BCUT2D eigenvalue weighted by molar-refractivity contribution is 0.102. The zero-order valence-corrected chi connectivity index (χ0v) is 15.5. The van der Waals surface area contributed by atoms with E-state index in [1.165, 1.54) is 0 Å². The minimum absolute atomic E-state index is 0.192. The van der Waals surface area contributed by atoms with Gasteiger partial charge in [0.15, 0.2) is 0 Å². The number of anilines is 3. The molecule has 0 spiro atoms. The number of benzene rings is 2. The maximum absolute atomic E-state index is 12.6. The number of carbonyl (C=O) groups excluding carboxylic acids is 1. The number of amides is 1. The molecule has 0 aliphatic rings. The highest BCUT2D eigenvalue weighted by Gasteiger charge is 2.13. The first-order valence-corrected chi connectivity index (χ1v) is 8.53. The van der Waals surface area contributed by atoms with Gasteiger partial charge in [0.2, 0.25) is 0 Å². The van der Waals surface area contributed by atoms with E-state index < -0.39 is 5.91 Å². The summed E-state index contributed by atoms with van der Waals surface area (Å²) in [5.74, 6) is 0.499. The summed E-state index contributed by atoms with van der Waals surface area (Å²) in [6, 6.07) is 15.9. The highest BCUT2D eigenvalue weighted by Crippen LogP contribution is 2.24. The van der Waals surface area contributed by atoms with Crippen LogP contribution in [-0.4, -0.2) is 15.9 Å². The number of nitriles is 1. The number of para-hydroxylation sites is 1. The Morgan fingerprint density at radius 1 is 1.07 bits per heavy atom. The van der Waals surface area contributed by atoms with E-state index in [9.17, 15) is 4.79 Å². The number of carbonyl (C=O) groups is 1. The van der Waals surface area contributed by atoms with Gasteiger partial charge in [-0.05, 0) is 43.7 Å². The van der Waals surface area contributed by atoms with Crippen molar-refractivity contribution in [3.8, 4) is 6.07 Å². The number of rotatable bonds is 4. The Bertz CT molecular complexity index is 1060. The number of nitrogens with one attached hydrogen (secondary N) is 2. The lowest BCUT2D eigenvalue weighted by atomic mass is 10.2. The molecule has 0 unspecified atom stereocenters. The molecule has 0 saturated heterocycles. The molecule has 1 aromatic heterocycles. The fourth-order valence-corrected chi connectivity index (χ4v) is 2.66. The summed E-state index contributed by atoms with van der Waals surface area (Å²) < 4.78 is 0. The molecule has 0 aliphatic carbocycles. The van der Waals surface area contributed by atoms with Gasteiger partial charge in [-0.2, -0.15) is 5.26 Å². The number of hydrogen-bond acceptors (Lipinski definition) is 5. The predicted octanol–water partition coefficient (Wildman–Crippen LogP) is 4.61. The molecule has 0 saturated carbocycles. The van der Waals surface area contributed by atoms with Gasteiger partial charge in [-0.3, -0.25) is 4.79 Å². The van der Waals surface area contributed by atoms with Crippen LogP contribution in [0.15, 0.2) is 48.5 Å². The highest BCUT2D eigenvalue weighted by atomic mass is 35.5. The third-order valence-electron chi connectivity index (χ3n) is 3.83. The number of nitrogens with zero attached hydrogens (tertiary/aromatic N) is 3. The molecule has 7 heteroatoms. The Morgan fingerprint density at radius 3 is 2.63 bits per heavy atom. The van der Waals surface area contributed by atoms with E-state index in [0.29, 0.717) is 27.9 Å². The summed E-state index contributed by atoms with van der Waals surface area (Å²) >= 11 is 6.05. The third kappa shape index (κ3) is 4.40. The molecule has 0 radical (unpaired) electrons. The maximum Gasteiger partial charge on any atom is 0.274 e. The third-order valence-corrected chi connectivity index (χ3v) is 4.06. The van der Waals surface area contributed by atoms with Crippen LogP contribution in [0.4, 0.5) is 17.2 Å². The summed E-state index contributed by atoms with van der Waals surface area (Å²) in [6.45, 7) is 3.65. The van der Waals surface area contributed by atoms with Crippen LogP contribution in [0.1, 0.15) is 27.4 Å².